The third kappa shape index (κ3) is 8.99. The topological polar surface area (TPSA) is 78.9 Å². The lowest BCUT2D eigenvalue weighted by Crippen LogP contribution is -2.37. The van der Waals surface area contributed by atoms with Crippen molar-refractivity contribution in [3.05, 3.63) is 45.9 Å². The summed E-state index contributed by atoms with van der Waals surface area (Å²) in [6.45, 7) is 3.55. The maximum atomic E-state index is 11.6. The Balaban J connectivity index is 0.00000420. The fraction of sp³-hybridized carbons (Fsp3) is 0.450. The predicted octanol–water partition coefficient (Wildman–Crippen LogP) is 2.70. The molecule has 2 aromatic rings. The van der Waals surface area contributed by atoms with Gasteiger partial charge in [-0.1, -0.05) is 19.1 Å². The number of halogens is 1. The molecule has 0 atom stereocenters. The van der Waals surface area contributed by atoms with Crippen molar-refractivity contribution in [3.63, 3.8) is 0 Å². The number of aliphatic imine (C=N–C) groups is 1. The lowest BCUT2D eigenvalue weighted by Gasteiger charge is -2.13. The van der Waals surface area contributed by atoms with Crippen LogP contribution in [0.15, 0.2) is 35.5 Å². The smallest absolute Gasteiger partial charge is 0.259 e. The summed E-state index contributed by atoms with van der Waals surface area (Å²) in [4.78, 5) is 23.1. The zero-order chi connectivity index (χ0) is 20.4. The van der Waals surface area contributed by atoms with Gasteiger partial charge in [0.05, 0.1) is 5.01 Å². The second kappa shape index (κ2) is 13.4. The van der Waals surface area contributed by atoms with Gasteiger partial charge in [-0.2, -0.15) is 0 Å². The van der Waals surface area contributed by atoms with E-state index in [1.807, 2.05) is 30.5 Å². The fourth-order valence-electron chi connectivity index (χ4n) is 2.34. The van der Waals surface area contributed by atoms with E-state index in [0.29, 0.717) is 12.3 Å². The second-order valence-corrected chi connectivity index (χ2v) is 7.60. The summed E-state index contributed by atoms with van der Waals surface area (Å²) >= 11 is 1.76. The van der Waals surface area contributed by atoms with Crippen LogP contribution < -0.4 is 15.4 Å². The molecule has 1 aromatic heterocycles. The molecule has 7 nitrogen and oxygen atoms in total. The van der Waals surface area contributed by atoms with E-state index in [1.165, 1.54) is 9.78 Å². The quantitative estimate of drug-likeness (QED) is 0.296. The van der Waals surface area contributed by atoms with Crippen LogP contribution in [0, 0.1) is 0 Å². The minimum atomic E-state index is -0.0700. The van der Waals surface area contributed by atoms with Gasteiger partial charge in [0.15, 0.2) is 12.6 Å². The SMILES string of the molecule is CCc1cnc(CCNC(=NC)NCc2cccc(OCC(=O)N(C)C)c2)s1.I. The van der Waals surface area contributed by atoms with Crippen LogP contribution in [-0.4, -0.2) is 56.0 Å². The molecule has 0 spiro atoms. The second-order valence-electron chi connectivity index (χ2n) is 6.40. The van der Waals surface area contributed by atoms with Crippen LogP contribution in [0.3, 0.4) is 0 Å². The normalized spacial score (nSPS) is 10.8. The summed E-state index contributed by atoms with van der Waals surface area (Å²) in [5.41, 5.74) is 1.05. The van der Waals surface area contributed by atoms with Crippen LogP contribution >= 0.6 is 35.3 Å². The zero-order valence-corrected chi connectivity index (χ0v) is 20.5. The van der Waals surface area contributed by atoms with Crippen LogP contribution in [0.2, 0.25) is 0 Å². The van der Waals surface area contributed by atoms with Crippen molar-refractivity contribution >= 4 is 47.2 Å². The van der Waals surface area contributed by atoms with Crippen LogP contribution in [-0.2, 0) is 24.2 Å². The van der Waals surface area contributed by atoms with Gasteiger partial charge in [-0.25, -0.2) is 4.98 Å². The number of hydrogen-bond donors (Lipinski definition) is 2. The summed E-state index contributed by atoms with van der Waals surface area (Å²) in [7, 11) is 5.17. The number of aromatic nitrogens is 1. The fourth-order valence-corrected chi connectivity index (χ4v) is 3.20. The van der Waals surface area contributed by atoms with E-state index in [4.69, 9.17) is 4.74 Å². The first-order valence-corrected chi connectivity index (χ1v) is 10.1. The molecule has 0 unspecified atom stereocenters. The van der Waals surface area contributed by atoms with Crippen molar-refractivity contribution in [2.45, 2.75) is 26.3 Å². The lowest BCUT2D eigenvalue weighted by atomic mass is 10.2. The molecule has 9 heteroatoms. The van der Waals surface area contributed by atoms with Crippen molar-refractivity contribution in [1.29, 1.82) is 0 Å². The molecule has 0 radical (unpaired) electrons. The van der Waals surface area contributed by atoms with Crippen molar-refractivity contribution in [3.8, 4) is 5.75 Å². The highest BCUT2D eigenvalue weighted by molar-refractivity contribution is 14.0. The Morgan fingerprint density at radius 2 is 2.10 bits per heavy atom. The Hall–Kier alpha value is -1.88. The molecule has 0 aliphatic heterocycles. The summed E-state index contributed by atoms with van der Waals surface area (Å²) < 4.78 is 5.56. The molecule has 1 aromatic carbocycles. The van der Waals surface area contributed by atoms with E-state index in [2.05, 4.69) is 27.5 Å². The van der Waals surface area contributed by atoms with Crippen LogP contribution in [0.5, 0.6) is 5.75 Å². The third-order valence-corrected chi connectivity index (χ3v) is 5.23. The van der Waals surface area contributed by atoms with Crippen molar-refractivity contribution in [2.75, 3.05) is 34.3 Å². The van der Waals surface area contributed by atoms with E-state index in [9.17, 15) is 4.79 Å². The third-order valence-electron chi connectivity index (χ3n) is 4.02. The zero-order valence-electron chi connectivity index (χ0n) is 17.4. The van der Waals surface area contributed by atoms with Gasteiger partial charge in [-0.3, -0.25) is 9.79 Å². The summed E-state index contributed by atoms with van der Waals surface area (Å²) in [6, 6.07) is 7.68. The van der Waals surface area contributed by atoms with E-state index in [0.717, 1.165) is 35.9 Å². The molecule has 1 amide bonds. The van der Waals surface area contributed by atoms with Gasteiger partial charge in [-0.05, 0) is 24.1 Å². The summed E-state index contributed by atoms with van der Waals surface area (Å²) in [5, 5.41) is 7.73. The van der Waals surface area contributed by atoms with Gasteiger partial charge < -0.3 is 20.3 Å². The molecule has 160 valence electrons. The Labute approximate surface area is 194 Å². The van der Waals surface area contributed by atoms with Crippen molar-refractivity contribution in [2.24, 2.45) is 4.99 Å². The first-order valence-electron chi connectivity index (χ1n) is 9.31. The van der Waals surface area contributed by atoms with Gasteiger partial charge in [0.1, 0.15) is 5.75 Å². The van der Waals surface area contributed by atoms with Gasteiger partial charge in [0, 0.05) is 51.7 Å². The Kier molecular flexibility index (Phi) is 11.6. The van der Waals surface area contributed by atoms with Gasteiger partial charge in [0.25, 0.3) is 5.91 Å². The highest BCUT2D eigenvalue weighted by Gasteiger charge is 2.06. The van der Waals surface area contributed by atoms with Crippen molar-refractivity contribution in [1.82, 2.24) is 20.5 Å². The summed E-state index contributed by atoms with van der Waals surface area (Å²) in [5.74, 6) is 1.34. The number of benzene rings is 1. The molecule has 0 fully saturated rings. The number of guanidine groups is 1. The minimum absolute atomic E-state index is 0. The molecule has 0 saturated carbocycles. The number of carbonyl (C=O) groups excluding carboxylic acids is 1. The first kappa shape index (κ1) is 25.2. The van der Waals surface area contributed by atoms with Crippen molar-refractivity contribution < 1.29 is 9.53 Å². The maximum Gasteiger partial charge on any atom is 0.259 e. The average molecular weight is 531 g/mol. The Morgan fingerprint density at radius 3 is 2.76 bits per heavy atom. The number of rotatable bonds is 9. The van der Waals surface area contributed by atoms with E-state index < -0.39 is 0 Å². The number of nitrogens with zero attached hydrogens (tertiary/aromatic N) is 3. The molecule has 29 heavy (non-hydrogen) atoms. The molecule has 0 aliphatic rings. The molecule has 2 rings (SSSR count). The number of ether oxygens (including phenoxy) is 1. The lowest BCUT2D eigenvalue weighted by molar-refractivity contribution is -0.130. The minimum Gasteiger partial charge on any atom is -0.484 e. The van der Waals surface area contributed by atoms with Crippen LogP contribution in [0.25, 0.3) is 0 Å². The molecule has 1 heterocycles. The summed E-state index contributed by atoms with van der Waals surface area (Å²) in [6.07, 6.45) is 3.85. The highest BCUT2D eigenvalue weighted by Crippen LogP contribution is 2.14. The monoisotopic (exact) mass is 531 g/mol. The number of carbonyl (C=O) groups is 1. The number of hydrogen-bond acceptors (Lipinski definition) is 5. The molecule has 0 bridgehead atoms. The van der Waals surface area contributed by atoms with Crippen LogP contribution in [0.4, 0.5) is 0 Å². The molecule has 2 N–H and O–H groups in total. The number of thiazole rings is 1. The Morgan fingerprint density at radius 1 is 1.31 bits per heavy atom. The Bertz CT molecular complexity index is 795. The largest absolute Gasteiger partial charge is 0.484 e. The predicted molar refractivity (Wildman–Crippen MR) is 129 cm³/mol. The van der Waals surface area contributed by atoms with Gasteiger partial charge in [0.2, 0.25) is 0 Å². The van der Waals surface area contributed by atoms with Gasteiger partial charge >= 0.3 is 0 Å². The van der Waals surface area contributed by atoms with E-state index >= 15 is 0 Å². The molecular formula is C20H30IN5O2S. The number of likely N-dealkylation sites (N-methyl/N-ethyl adjacent to an activating group) is 1. The average Bonchev–Trinajstić information content (AvgIpc) is 3.17. The molecule has 0 saturated heterocycles. The number of amides is 1. The molecular weight excluding hydrogens is 501 g/mol. The maximum absolute atomic E-state index is 11.6. The molecule has 0 aliphatic carbocycles. The van der Waals surface area contributed by atoms with Gasteiger partial charge in [-0.15, -0.1) is 35.3 Å². The first-order chi connectivity index (χ1) is 13.5. The van der Waals surface area contributed by atoms with E-state index in [-0.39, 0.29) is 36.5 Å². The standard InChI is InChI=1S/C20H29N5O2S.HI/c1-5-17-13-23-18(28-17)9-10-22-20(21-2)24-12-15-7-6-8-16(11-15)27-14-19(26)25(3)4;/h6-8,11,13H,5,9-10,12,14H2,1-4H3,(H2,21,22,24);1H. The van der Waals surface area contributed by atoms with Crippen LogP contribution in [0.1, 0.15) is 22.4 Å². The number of aryl methyl sites for hydroxylation is 1. The van der Waals surface area contributed by atoms with E-state index in [1.54, 1.807) is 32.5 Å². The highest BCUT2D eigenvalue weighted by atomic mass is 127. The number of nitrogens with one attached hydrogen (secondary N) is 2.